The first-order valence-corrected chi connectivity index (χ1v) is 11.3. The van der Waals surface area contributed by atoms with E-state index in [4.69, 9.17) is 0 Å². The molecule has 1 unspecified atom stereocenters. The molecule has 2 aromatic heterocycles. The van der Waals surface area contributed by atoms with Crippen molar-refractivity contribution in [3.63, 3.8) is 0 Å². The van der Waals surface area contributed by atoms with Crippen molar-refractivity contribution in [2.45, 2.75) is 83.4 Å². The summed E-state index contributed by atoms with van der Waals surface area (Å²) in [6.07, 6.45) is 4.08. The normalized spacial score (nSPS) is 17.4. The first-order chi connectivity index (χ1) is 13.2. The van der Waals surface area contributed by atoms with Crippen LogP contribution in [0.4, 0.5) is 5.82 Å². The number of aromatic nitrogens is 4. The molecule has 1 N–H and O–H groups in total. The van der Waals surface area contributed by atoms with Crippen molar-refractivity contribution in [2.24, 2.45) is 0 Å². The fourth-order valence-electron chi connectivity index (χ4n) is 3.73. The van der Waals surface area contributed by atoms with Crippen LogP contribution in [-0.2, 0) is 29.4 Å². The van der Waals surface area contributed by atoms with E-state index >= 15 is 0 Å². The molecule has 0 fully saturated rings. The fraction of sp³-hybridized carbons (Fsp3) is 0.632. The molecule has 0 spiro atoms. The second-order valence-corrected chi connectivity index (χ2v) is 9.60. The Morgan fingerprint density at radius 3 is 2.54 bits per heavy atom. The Morgan fingerprint density at radius 1 is 1.25 bits per heavy atom. The second kappa shape index (κ2) is 8.16. The van der Waals surface area contributed by atoms with Gasteiger partial charge in [0.2, 0.25) is 10.0 Å². The molecule has 0 saturated carbocycles. The van der Waals surface area contributed by atoms with Crippen LogP contribution >= 0.6 is 0 Å². The number of sulfonamides is 1. The molecule has 0 amide bonds. The summed E-state index contributed by atoms with van der Waals surface area (Å²) in [4.78, 5) is 9.10. The predicted octanol–water partition coefficient (Wildman–Crippen LogP) is 2.47. The molecule has 28 heavy (non-hydrogen) atoms. The Balaban J connectivity index is 1.71. The first kappa shape index (κ1) is 20.7. The molecule has 0 bridgehead atoms. The number of rotatable bonds is 7. The third-order valence-electron chi connectivity index (χ3n) is 4.90. The molecular formula is C19H30N6O2S. The van der Waals surface area contributed by atoms with Crippen LogP contribution in [0.1, 0.15) is 52.7 Å². The van der Waals surface area contributed by atoms with Crippen LogP contribution in [0.25, 0.3) is 0 Å². The molecule has 0 aromatic carbocycles. The van der Waals surface area contributed by atoms with E-state index in [0.29, 0.717) is 5.82 Å². The molecule has 0 radical (unpaired) electrons. The lowest BCUT2D eigenvalue weighted by Crippen LogP contribution is -2.41. The summed E-state index contributed by atoms with van der Waals surface area (Å²) >= 11 is 0. The molecule has 8 nitrogen and oxygen atoms in total. The van der Waals surface area contributed by atoms with E-state index < -0.39 is 10.0 Å². The smallest absolute Gasteiger partial charge is 0.245 e. The average molecular weight is 407 g/mol. The van der Waals surface area contributed by atoms with Crippen molar-refractivity contribution < 1.29 is 8.42 Å². The Hall–Kier alpha value is -2.00. The standard InChI is InChI=1S/C19H30N6O2S/c1-6-17-22-19-10-7-15(12-24(19)23-17)21-18-9-8-16(11-20-18)28(26,27)25(13(2)3)14(4)5/h8-9,11,13-15H,6-7,10,12H2,1-5H3,(H,20,21). The van der Waals surface area contributed by atoms with E-state index in [-0.39, 0.29) is 23.0 Å². The Bertz CT molecular complexity index is 897. The molecule has 3 heterocycles. The highest BCUT2D eigenvalue weighted by atomic mass is 32.2. The molecule has 0 aliphatic carbocycles. The molecule has 1 aliphatic rings. The van der Waals surface area contributed by atoms with Crippen molar-refractivity contribution >= 4 is 15.8 Å². The van der Waals surface area contributed by atoms with Crippen LogP contribution in [0.2, 0.25) is 0 Å². The van der Waals surface area contributed by atoms with Crippen LogP contribution in [0, 0.1) is 0 Å². The molecule has 154 valence electrons. The van der Waals surface area contributed by atoms with E-state index in [9.17, 15) is 8.42 Å². The minimum atomic E-state index is -3.57. The zero-order valence-corrected chi connectivity index (χ0v) is 18.1. The van der Waals surface area contributed by atoms with Gasteiger partial charge in [-0.3, -0.25) is 0 Å². The van der Waals surface area contributed by atoms with Gasteiger partial charge in [0.25, 0.3) is 0 Å². The Kier molecular flexibility index (Phi) is 6.04. The van der Waals surface area contributed by atoms with Crippen molar-refractivity contribution in [1.29, 1.82) is 0 Å². The maximum Gasteiger partial charge on any atom is 0.245 e. The maximum absolute atomic E-state index is 12.9. The number of aryl methyl sites for hydroxylation is 2. The predicted molar refractivity (Wildman–Crippen MR) is 109 cm³/mol. The van der Waals surface area contributed by atoms with Crippen molar-refractivity contribution in [3.05, 3.63) is 30.0 Å². The van der Waals surface area contributed by atoms with Gasteiger partial charge < -0.3 is 5.32 Å². The number of nitrogens with zero attached hydrogens (tertiary/aromatic N) is 5. The average Bonchev–Trinajstić information content (AvgIpc) is 3.03. The van der Waals surface area contributed by atoms with Crippen LogP contribution in [0.3, 0.4) is 0 Å². The van der Waals surface area contributed by atoms with Crippen LogP contribution in [0.15, 0.2) is 23.2 Å². The third-order valence-corrected chi connectivity index (χ3v) is 7.14. The van der Waals surface area contributed by atoms with Gasteiger partial charge in [-0.2, -0.15) is 9.40 Å². The largest absolute Gasteiger partial charge is 0.365 e. The van der Waals surface area contributed by atoms with E-state index in [1.807, 2.05) is 32.4 Å². The summed E-state index contributed by atoms with van der Waals surface area (Å²) in [6, 6.07) is 3.32. The zero-order valence-electron chi connectivity index (χ0n) is 17.3. The van der Waals surface area contributed by atoms with Crippen LogP contribution < -0.4 is 5.32 Å². The van der Waals surface area contributed by atoms with Crippen molar-refractivity contribution in [3.8, 4) is 0 Å². The number of nitrogens with one attached hydrogen (secondary N) is 1. The number of hydrogen-bond donors (Lipinski definition) is 1. The molecule has 1 aliphatic heterocycles. The van der Waals surface area contributed by atoms with Gasteiger partial charge in [-0.1, -0.05) is 6.92 Å². The fourth-order valence-corrected chi connectivity index (χ4v) is 5.51. The second-order valence-electron chi connectivity index (χ2n) is 7.76. The molecule has 3 rings (SSSR count). The summed E-state index contributed by atoms with van der Waals surface area (Å²) in [5, 5.41) is 7.91. The van der Waals surface area contributed by atoms with Crippen LogP contribution in [-0.4, -0.2) is 50.6 Å². The summed E-state index contributed by atoms with van der Waals surface area (Å²) in [5.41, 5.74) is 0. The minimum Gasteiger partial charge on any atom is -0.365 e. The monoisotopic (exact) mass is 406 g/mol. The van der Waals surface area contributed by atoms with Gasteiger partial charge in [-0.15, -0.1) is 0 Å². The van der Waals surface area contributed by atoms with E-state index in [0.717, 1.165) is 37.5 Å². The summed E-state index contributed by atoms with van der Waals surface area (Å²) in [7, 11) is -3.57. The summed E-state index contributed by atoms with van der Waals surface area (Å²) < 4.78 is 29.3. The van der Waals surface area contributed by atoms with E-state index in [1.54, 1.807) is 12.1 Å². The number of anilines is 1. The van der Waals surface area contributed by atoms with Gasteiger partial charge in [-0.05, 0) is 46.2 Å². The quantitative estimate of drug-likeness (QED) is 0.759. The van der Waals surface area contributed by atoms with E-state index in [2.05, 4.69) is 27.3 Å². The molecule has 0 saturated heterocycles. The lowest BCUT2D eigenvalue weighted by atomic mass is 10.1. The van der Waals surface area contributed by atoms with Gasteiger partial charge in [0.1, 0.15) is 16.5 Å². The summed E-state index contributed by atoms with van der Waals surface area (Å²) in [6.45, 7) is 10.3. The van der Waals surface area contributed by atoms with Crippen molar-refractivity contribution in [2.75, 3.05) is 5.32 Å². The number of fused-ring (bicyclic) bond motifs is 1. The van der Waals surface area contributed by atoms with Crippen molar-refractivity contribution in [1.82, 2.24) is 24.1 Å². The zero-order chi connectivity index (χ0) is 20.5. The maximum atomic E-state index is 12.9. The summed E-state index contributed by atoms with van der Waals surface area (Å²) in [5.74, 6) is 2.58. The molecular weight excluding hydrogens is 376 g/mol. The molecule has 2 aromatic rings. The Morgan fingerprint density at radius 2 is 1.96 bits per heavy atom. The highest BCUT2D eigenvalue weighted by Crippen LogP contribution is 2.22. The first-order valence-electron chi connectivity index (χ1n) is 9.91. The van der Waals surface area contributed by atoms with Gasteiger partial charge in [0, 0.05) is 37.2 Å². The van der Waals surface area contributed by atoms with Gasteiger partial charge in [0.15, 0.2) is 5.82 Å². The lowest BCUT2D eigenvalue weighted by Gasteiger charge is -2.29. The van der Waals surface area contributed by atoms with Gasteiger partial charge in [-0.25, -0.2) is 23.1 Å². The third kappa shape index (κ3) is 4.20. The number of hydrogen-bond acceptors (Lipinski definition) is 6. The van der Waals surface area contributed by atoms with Gasteiger partial charge in [0.05, 0.1) is 6.54 Å². The molecule has 9 heteroatoms. The number of pyridine rings is 1. The van der Waals surface area contributed by atoms with Crippen LogP contribution in [0.5, 0.6) is 0 Å². The minimum absolute atomic E-state index is 0.116. The highest BCUT2D eigenvalue weighted by Gasteiger charge is 2.30. The lowest BCUT2D eigenvalue weighted by molar-refractivity contribution is 0.302. The SMILES string of the molecule is CCc1nc2n(n1)CC(Nc1ccc(S(=O)(=O)N(C(C)C)C(C)C)cn1)CC2. The topological polar surface area (TPSA) is 93.0 Å². The van der Waals surface area contributed by atoms with Gasteiger partial charge >= 0.3 is 0 Å². The highest BCUT2D eigenvalue weighted by molar-refractivity contribution is 7.89. The van der Waals surface area contributed by atoms with E-state index in [1.165, 1.54) is 10.5 Å². The molecule has 1 atom stereocenters. The Labute approximate surface area is 167 Å².